The van der Waals surface area contributed by atoms with Crippen LogP contribution in [0.5, 0.6) is 0 Å². The summed E-state index contributed by atoms with van der Waals surface area (Å²) in [7, 11) is -4.39. The number of unbranched alkanes of at least 4 members (excludes halogenated alkanes) is 51. The Morgan fingerprint density at radius 3 is 0.928 bits per heavy atom. The van der Waals surface area contributed by atoms with E-state index in [1.54, 1.807) is 0 Å². The molecule has 0 spiro atoms. The molecule has 9 nitrogen and oxygen atoms in total. The Hall–Kier alpha value is -1.77. The third kappa shape index (κ3) is 69.2. The zero-order chi connectivity index (χ0) is 60.1. The van der Waals surface area contributed by atoms with Crippen molar-refractivity contribution in [1.29, 1.82) is 0 Å². The largest absolute Gasteiger partial charge is 0.472 e. The maximum absolute atomic E-state index is 12.8. The number of phosphoric acid groups is 1. The smallest absolute Gasteiger partial charge is 0.462 e. The molecule has 490 valence electrons. The van der Waals surface area contributed by atoms with Crippen molar-refractivity contribution in [2.45, 2.75) is 392 Å². The fourth-order valence-electron chi connectivity index (χ4n) is 11.1. The highest BCUT2D eigenvalue weighted by Crippen LogP contribution is 2.43. The summed E-state index contributed by atoms with van der Waals surface area (Å²) in [5, 5.41) is 0. The monoisotopic (exact) mass is 1190 g/mol. The van der Waals surface area contributed by atoms with Crippen LogP contribution >= 0.6 is 7.82 Å². The van der Waals surface area contributed by atoms with E-state index in [0.29, 0.717) is 6.42 Å². The molecular weight excluding hydrogens is 1050 g/mol. The number of ether oxygens (including phenoxy) is 2. The van der Waals surface area contributed by atoms with E-state index in [1.165, 1.54) is 302 Å². The third-order valence-electron chi connectivity index (χ3n) is 16.5. The molecule has 0 fully saturated rings. The van der Waals surface area contributed by atoms with Gasteiger partial charge in [0.2, 0.25) is 0 Å². The van der Waals surface area contributed by atoms with E-state index in [4.69, 9.17) is 24.3 Å². The summed E-state index contributed by atoms with van der Waals surface area (Å²) in [5.74, 6) is -0.813. The van der Waals surface area contributed by atoms with Crippen molar-refractivity contribution >= 4 is 19.8 Å². The molecule has 0 aromatic heterocycles. The number of carbonyl (C=O) groups is 2. The molecule has 2 unspecified atom stereocenters. The van der Waals surface area contributed by atoms with Gasteiger partial charge in [0.25, 0.3) is 0 Å². The predicted molar refractivity (Wildman–Crippen MR) is 358 cm³/mol. The first kappa shape index (κ1) is 81.2. The minimum atomic E-state index is -4.39. The molecule has 0 aromatic rings. The zero-order valence-corrected chi connectivity index (χ0v) is 56.1. The topological polar surface area (TPSA) is 134 Å². The van der Waals surface area contributed by atoms with Crippen LogP contribution < -0.4 is 5.73 Å². The molecule has 3 N–H and O–H groups in total. The van der Waals surface area contributed by atoms with Gasteiger partial charge in [-0.15, -0.1) is 0 Å². The fourth-order valence-corrected chi connectivity index (χ4v) is 11.9. The summed E-state index contributed by atoms with van der Waals surface area (Å²) in [5.41, 5.74) is 5.40. The molecule has 0 saturated carbocycles. The van der Waals surface area contributed by atoms with Gasteiger partial charge < -0.3 is 20.1 Å². The average Bonchev–Trinajstić information content (AvgIpc) is 3.49. The Balaban J connectivity index is 3.78. The van der Waals surface area contributed by atoms with Gasteiger partial charge in [-0.1, -0.05) is 359 Å². The second kappa shape index (κ2) is 69.3. The molecule has 0 amide bonds. The van der Waals surface area contributed by atoms with E-state index in [1.807, 2.05) is 0 Å². The van der Waals surface area contributed by atoms with E-state index in [-0.39, 0.29) is 38.6 Å². The quantitative estimate of drug-likeness (QED) is 0.0264. The van der Waals surface area contributed by atoms with Gasteiger partial charge in [-0.05, 0) is 51.4 Å². The summed E-state index contributed by atoms with van der Waals surface area (Å²) in [6.45, 7) is 3.80. The van der Waals surface area contributed by atoms with Gasteiger partial charge in [-0.2, -0.15) is 0 Å². The van der Waals surface area contributed by atoms with Crippen molar-refractivity contribution < 1.29 is 37.6 Å². The normalized spacial score (nSPS) is 13.1. The van der Waals surface area contributed by atoms with Gasteiger partial charge in [0.1, 0.15) is 6.61 Å². The van der Waals surface area contributed by atoms with E-state index in [9.17, 15) is 19.0 Å². The lowest BCUT2D eigenvalue weighted by Gasteiger charge is -2.19. The summed E-state index contributed by atoms with van der Waals surface area (Å²) in [6, 6.07) is 0. The molecule has 0 aromatic carbocycles. The molecule has 0 aliphatic carbocycles. The summed E-state index contributed by atoms with van der Waals surface area (Å²) in [6.07, 6.45) is 86.9. The Kier molecular flexibility index (Phi) is 67.9. The average molecular weight is 1190 g/mol. The van der Waals surface area contributed by atoms with Crippen molar-refractivity contribution in [1.82, 2.24) is 0 Å². The van der Waals surface area contributed by atoms with Crippen LogP contribution in [0.3, 0.4) is 0 Å². The molecule has 0 rings (SSSR count). The van der Waals surface area contributed by atoms with Gasteiger partial charge >= 0.3 is 19.8 Å². The van der Waals surface area contributed by atoms with E-state index in [2.05, 4.69) is 50.3 Å². The van der Waals surface area contributed by atoms with E-state index >= 15 is 0 Å². The van der Waals surface area contributed by atoms with Crippen LogP contribution in [0.1, 0.15) is 386 Å². The minimum absolute atomic E-state index is 0.0541. The second-order valence-corrected chi connectivity index (χ2v) is 26.3. The van der Waals surface area contributed by atoms with Gasteiger partial charge in [0.05, 0.1) is 13.2 Å². The molecular formula is C73H140NO8P. The van der Waals surface area contributed by atoms with E-state index in [0.717, 1.165) is 51.4 Å². The van der Waals surface area contributed by atoms with Crippen LogP contribution in [0.4, 0.5) is 0 Å². The SMILES string of the molecule is CCCCCCC/C=C\C/C=C\C/C=C\CCCCCCCCCCCCC(=O)OC(COC(=O)CCCCCCCCCCCCCCCCCCCCCCCCCCCCCCCCCCCCCCC)COP(=O)(O)OCCN. The van der Waals surface area contributed by atoms with Gasteiger partial charge in [0.15, 0.2) is 6.10 Å². The fraction of sp³-hybridized carbons (Fsp3) is 0.890. The number of hydrogen-bond acceptors (Lipinski definition) is 8. The third-order valence-corrected chi connectivity index (χ3v) is 17.5. The highest BCUT2D eigenvalue weighted by Gasteiger charge is 2.26. The number of esters is 2. The molecule has 83 heavy (non-hydrogen) atoms. The van der Waals surface area contributed by atoms with Gasteiger partial charge in [-0.3, -0.25) is 18.6 Å². The maximum atomic E-state index is 12.8. The Labute approximate surface area is 515 Å². The van der Waals surface area contributed by atoms with Gasteiger partial charge in [-0.25, -0.2) is 4.57 Å². The minimum Gasteiger partial charge on any atom is -0.462 e. The molecule has 2 atom stereocenters. The standard InChI is InChI=1S/C73H140NO8P/c1-3-5-7-9-11-13-15-17-19-21-23-25-27-29-30-31-32-33-34-35-36-37-38-39-40-42-43-45-47-49-51-53-55-57-59-61-63-65-72(75)79-69-71(70-81-83(77,78)80-68-67-74)82-73(76)66-64-62-60-58-56-54-52-50-48-46-44-41-28-26-24-22-20-18-16-14-12-10-8-6-4-2/h16,18,22,24,28,41,71H,3-15,17,19-21,23,25-27,29-40,42-70,74H2,1-2H3,(H,77,78)/b18-16-,24-22-,41-28-. The summed E-state index contributed by atoms with van der Waals surface area (Å²) in [4.78, 5) is 35.4. The molecule has 0 bridgehead atoms. The second-order valence-electron chi connectivity index (χ2n) is 24.8. The van der Waals surface area contributed by atoms with Crippen molar-refractivity contribution in [3.05, 3.63) is 36.5 Å². The lowest BCUT2D eigenvalue weighted by molar-refractivity contribution is -0.161. The van der Waals surface area contributed by atoms with Crippen molar-refractivity contribution in [2.24, 2.45) is 5.73 Å². The van der Waals surface area contributed by atoms with Crippen molar-refractivity contribution in [3.8, 4) is 0 Å². The van der Waals surface area contributed by atoms with Crippen LogP contribution in [-0.2, 0) is 32.7 Å². The molecule has 0 aliphatic rings. The van der Waals surface area contributed by atoms with E-state index < -0.39 is 26.5 Å². The van der Waals surface area contributed by atoms with Crippen LogP contribution in [-0.4, -0.2) is 49.3 Å². The van der Waals surface area contributed by atoms with Crippen LogP contribution in [0.15, 0.2) is 36.5 Å². The highest BCUT2D eigenvalue weighted by molar-refractivity contribution is 7.47. The number of hydrogen-bond donors (Lipinski definition) is 2. The molecule has 10 heteroatoms. The molecule has 0 saturated heterocycles. The van der Waals surface area contributed by atoms with Crippen LogP contribution in [0.25, 0.3) is 0 Å². The first-order chi connectivity index (χ1) is 40.8. The summed E-state index contributed by atoms with van der Waals surface area (Å²) >= 11 is 0. The van der Waals surface area contributed by atoms with Crippen molar-refractivity contribution in [3.63, 3.8) is 0 Å². The number of nitrogens with two attached hydrogens (primary N) is 1. The molecule has 0 aliphatic heterocycles. The number of rotatable bonds is 70. The number of allylic oxidation sites excluding steroid dienone is 6. The maximum Gasteiger partial charge on any atom is 0.472 e. The van der Waals surface area contributed by atoms with Gasteiger partial charge in [0, 0.05) is 19.4 Å². The molecule has 0 heterocycles. The Morgan fingerprint density at radius 2 is 0.627 bits per heavy atom. The first-order valence-electron chi connectivity index (χ1n) is 36.5. The Bertz CT molecular complexity index is 1450. The number of phosphoric ester groups is 1. The zero-order valence-electron chi connectivity index (χ0n) is 55.2. The summed E-state index contributed by atoms with van der Waals surface area (Å²) < 4.78 is 33.2. The lowest BCUT2D eigenvalue weighted by atomic mass is 10.0. The highest BCUT2D eigenvalue weighted by atomic mass is 31.2. The van der Waals surface area contributed by atoms with Crippen molar-refractivity contribution in [2.75, 3.05) is 26.4 Å². The number of carbonyl (C=O) groups excluding carboxylic acids is 2. The van der Waals surface area contributed by atoms with Crippen LogP contribution in [0.2, 0.25) is 0 Å². The predicted octanol–water partition coefficient (Wildman–Crippen LogP) is 23.9. The molecule has 0 radical (unpaired) electrons. The van der Waals surface area contributed by atoms with Crippen LogP contribution in [0, 0.1) is 0 Å². The first-order valence-corrected chi connectivity index (χ1v) is 38.0. The lowest BCUT2D eigenvalue weighted by Crippen LogP contribution is -2.29. The Morgan fingerprint density at radius 1 is 0.361 bits per heavy atom.